The number of rotatable bonds is 5. The number of amides is 4. The van der Waals surface area contributed by atoms with E-state index in [1.165, 1.54) is 18.2 Å². The Labute approximate surface area is 180 Å². The second-order valence-electron chi connectivity index (χ2n) is 7.84. The summed E-state index contributed by atoms with van der Waals surface area (Å²) in [5.74, 6) is -2.60. The lowest BCUT2D eigenvalue weighted by molar-refractivity contribution is -0.188. The topological polar surface area (TPSA) is 117 Å². The van der Waals surface area contributed by atoms with Gasteiger partial charge in [-0.05, 0) is 24.1 Å². The molecule has 172 valence electrons. The zero-order valence-corrected chi connectivity index (χ0v) is 16.8. The number of carbonyl (C=O) groups excluding carboxylic acids is 4. The van der Waals surface area contributed by atoms with Crippen LogP contribution in [0, 0.1) is 0 Å². The molecule has 4 rings (SSSR count). The van der Waals surface area contributed by atoms with Gasteiger partial charge in [0.05, 0.1) is 23.8 Å². The molecule has 3 aliphatic rings. The smallest absolute Gasteiger partial charge is 0.374 e. The summed E-state index contributed by atoms with van der Waals surface area (Å²) in [5.41, 5.74) is 0.446. The van der Waals surface area contributed by atoms with E-state index < -0.39 is 48.0 Å². The molecule has 3 atom stereocenters. The van der Waals surface area contributed by atoms with Crippen molar-refractivity contribution in [1.29, 1.82) is 0 Å². The van der Waals surface area contributed by atoms with Gasteiger partial charge in [0.1, 0.15) is 12.1 Å². The molecule has 32 heavy (non-hydrogen) atoms. The molecule has 0 spiro atoms. The standard InChI is InChI=1S/C20H21F3N4O5/c21-20(22,23)16(14-9-24-5-6-32-14)25-8-10-1-2-11-12(7-10)19(31)27(18(11)30)13-3-4-15(28)26-17(13)29/h1-2,7,13-14,16,24-25H,3-6,8-9H2,(H,26,28,29). The number of benzene rings is 1. The molecule has 0 aliphatic carbocycles. The normalized spacial score (nSPS) is 25.0. The zero-order chi connectivity index (χ0) is 23.0. The van der Waals surface area contributed by atoms with Crippen LogP contribution in [0.3, 0.4) is 0 Å². The third kappa shape index (κ3) is 4.25. The van der Waals surface area contributed by atoms with Crippen LogP contribution in [-0.4, -0.2) is 72.6 Å². The number of nitrogens with zero attached hydrogens (tertiary/aromatic N) is 1. The Morgan fingerprint density at radius 2 is 1.91 bits per heavy atom. The van der Waals surface area contributed by atoms with Gasteiger partial charge in [-0.25, -0.2) is 0 Å². The molecule has 0 radical (unpaired) electrons. The first-order valence-corrected chi connectivity index (χ1v) is 10.1. The predicted octanol–water partition coefficient (Wildman–Crippen LogP) is 0.0967. The summed E-state index contributed by atoms with van der Waals surface area (Å²) in [5, 5.41) is 7.42. The quantitative estimate of drug-likeness (QED) is 0.541. The van der Waals surface area contributed by atoms with Crippen molar-refractivity contribution >= 4 is 23.6 Å². The molecule has 2 fully saturated rings. The SMILES string of the molecule is O=C1CCC(N2C(=O)c3ccc(CNC(C4CNCCO4)C(F)(F)F)cc3C2=O)C(=O)N1. The van der Waals surface area contributed by atoms with Gasteiger partial charge in [-0.2, -0.15) is 13.2 Å². The fourth-order valence-electron chi connectivity index (χ4n) is 4.11. The summed E-state index contributed by atoms with van der Waals surface area (Å²) in [6.07, 6.45) is -5.62. The van der Waals surface area contributed by atoms with Crippen LogP contribution in [0.1, 0.15) is 39.1 Å². The summed E-state index contributed by atoms with van der Waals surface area (Å²) >= 11 is 0. The number of hydrogen-bond donors (Lipinski definition) is 3. The van der Waals surface area contributed by atoms with E-state index in [-0.39, 0.29) is 43.7 Å². The third-order valence-corrected chi connectivity index (χ3v) is 5.71. The summed E-state index contributed by atoms with van der Waals surface area (Å²) < 4.78 is 45.8. The summed E-state index contributed by atoms with van der Waals surface area (Å²) in [7, 11) is 0. The van der Waals surface area contributed by atoms with Crippen molar-refractivity contribution in [2.24, 2.45) is 0 Å². The zero-order valence-electron chi connectivity index (χ0n) is 16.8. The Morgan fingerprint density at radius 1 is 1.16 bits per heavy atom. The lowest BCUT2D eigenvalue weighted by Gasteiger charge is -2.33. The lowest BCUT2D eigenvalue weighted by Crippen LogP contribution is -2.57. The summed E-state index contributed by atoms with van der Waals surface area (Å²) in [6.45, 7) is 0.489. The average molecular weight is 454 g/mol. The summed E-state index contributed by atoms with van der Waals surface area (Å²) in [4.78, 5) is 49.8. The van der Waals surface area contributed by atoms with Gasteiger partial charge >= 0.3 is 6.18 Å². The van der Waals surface area contributed by atoms with Crippen molar-refractivity contribution in [3.05, 3.63) is 34.9 Å². The van der Waals surface area contributed by atoms with Crippen LogP contribution in [0.2, 0.25) is 0 Å². The molecule has 3 N–H and O–H groups in total. The molecule has 3 heterocycles. The van der Waals surface area contributed by atoms with E-state index in [0.717, 1.165) is 4.90 Å². The number of nitrogens with one attached hydrogen (secondary N) is 3. The maximum absolute atomic E-state index is 13.5. The van der Waals surface area contributed by atoms with Crippen molar-refractivity contribution in [1.82, 2.24) is 20.9 Å². The molecular formula is C20H21F3N4O5. The number of fused-ring (bicyclic) bond motifs is 1. The number of piperidine rings is 1. The van der Waals surface area contributed by atoms with Crippen LogP contribution in [0.5, 0.6) is 0 Å². The van der Waals surface area contributed by atoms with E-state index in [4.69, 9.17) is 4.74 Å². The summed E-state index contributed by atoms with van der Waals surface area (Å²) in [6, 6.07) is 1.15. The molecule has 0 bridgehead atoms. The molecule has 0 saturated carbocycles. The second-order valence-corrected chi connectivity index (χ2v) is 7.84. The van der Waals surface area contributed by atoms with Crippen LogP contribution in [0.15, 0.2) is 18.2 Å². The first-order valence-electron chi connectivity index (χ1n) is 10.1. The van der Waals surface area contributed by atoms with E-state index >= 15 is 0 Å². The first-order chi connectivity index (χ1) is 15.2. The van der Waals surface area contributed by atoms with Gasteiger partial charge in [-0.1, -0.05) is 6.07 Å². The lowest BCUT2D eigenvalue weighted by atomic mass is 10.0. The Hall–Kier alpha value is -2.83. The number of carbonyl (C=O) groups is 4. The van der Waals surface area contributed by atoms with Gasteiger partial charge < -0.3 is 10.1 Å². The highest BCUT2D eigenvalue weighted by molar-refractivity contribution is 6.23. The molecule has 2 saturated heterocycles. The number of ether oxygens (including phenoxy) is 1. The highest BCUT2D eigenvalue weighted by Gasteiger charge is 2.46. The number of hydrogen-bond acceptors (Lipinski definition) is 7. The number of halogens is 3. The second kappa shape index (κ2) is 8.60. The molecule has 3 aliphatic heterocycles. The van der Waals surface area contributed by atoms with Crippen LogP contribution >= 0.6 is 0 Å². The Kier molecular flexibility index (Phi) is 6.01. The molecule has 12 heteroatoms. The van der Waals surface area contributed by atoms with Crippen molar-refractivity contribution in [2.45, 2.75) is 43.8 Å². The van der Waals surface area contributed by atoms with Crippen LogP contribution in [0.25, 0.3) is 0 Å². The maximum Gasteiger partial charge on any atom is 0.406 e. The van der Waals surface area contributed by atoms with E-state index in [1.54, 1.807) is 0 Å². The third-order valence-electron chi connectivity index (χ3n) is 5.71. The van der Waals surface area contributed by atoms with Crippen LogP contribution in [0.4, 0.5) is 13.2 Å². The van der Waals surface area contributed by atoms with Crippen molar-refractivity contribution in [3.8, 4) is 0 Å². The fraction of sp³-hybridized carbons (Fsp3) is 0.500. The number of alkyl halides is 3. The van der Waals surface area contributed by atoms with E-state index in [1.807, 2.05) is 0 Å². The molecule has 1 aromatic carbocycles. The first kappa shape index (κ1) is 22.4. The monoisotopic (exact) mass is 454 g/mol. The molecule has 4 amide bonds. The van der Waals surface area contributed by atoms with Crippen molar-refractivity contribution < 1.29 is 37.1 Å². The van der Waals surface area contributed by atoms with Crippen molar-refractivity contribution in [3.63, 3.8) is 0 Å². The van der Waals surface area contributed by atoms with Gasteiger partial charge in [0.2, 0.25) is 11.8 Å². The number of imide groups is 2. The average Bonchev–Trinajstić information content (AvgIpc) is 2.98. The minimum absolute atomic E-state index is 0.00406. The Balaban J connectivity index is 1.49. The van der Waals surface area contributed by atoms with Gasteiger partial charge in [0.15, 0.2) is 0 Å². The van der Waals surface area contributed by atoms with Crippen LogP contribution < -0.4 is 16.0 Å². The van der Waals surface area contributed by atoms with Gasteiger partial charge in [-0.15, -0.1) is 0 Å². The van der Waals surface area contributed by atoms with Gasteiger partial charge in [-0.3, -0.25) is 34.7 Å². The minimum Gasteiger partial charge on any atom is -0.374 e. The molecule has 3 unspecified atom stereocenters. The maximum atomic E-state index is 13.5. The Morgan fingerprint density at radius 3 is 2.56 bits per heavy atom. The van der Waals surface area contributed by atoms with E-state index in [9.17, 15) is 32.3 Å². The predicted molar refractivity (Wildman–Crippen MR) is 102 cm³/mol. The minimum atomic E-state index is -4.55. The van der Waals surface area contributed by atoms with Gasteiger partial charge in [0, 0.05) is 26.1 Å². The fourth-order valence-corrected chi connectivity index (χ4v) is 4.11. The van der Waals surface area contributed by atoms with Crippen LogP contribution in [-0.2, 0) is 20.9 Å². The highest BCUT2D eigenvalue weighted by atomic mass is 19.4. The largest absolute Gasteiger partial charge is 0.406 e. The van der Waals surface area contributed by atoms with E-state index in [0.29, 0.717) is 12.1 Å². The number of morpholine rings is 1. The Bertz CT molecular complexity index is 961. The molecule has 0 aromatic heterocycles. The van der Waals surface area contributed by atoms with E-state index in [2.05, 4.69) is 16.0 Å². The van der Waals surface area contributed by atoms with Gasteiger partial charge in [0.25, 0.3) is 11.8 Å². The molecular weight excluding hydrogens is 433 g/mol. The molecule has 9 nitrogen and oxygen atoms in total. The highest BCUT2D eigenvalue weighted by Crippen LogP contribution is 2.29. The van der Waals surface area contributed by atoms with Crippen molar-refractivity contribution in [2.75, 3.05) is 19.7 Å². The molecule has 1 aromatic rings.